The molecule has 0 saturated heterocycles. The number of aromatic nitrogens is 1. The fraction of sp³-hybridized carbons (Fsp3) is 0.294. The summed E-state index contributed by atoms with van der Waals surface area (Å²) in [7, 11) is 1.07. The van der Waals surface area contributed by atoms with Gasteiger partial charge in [0.25, 0.3) is 11.6 Å². The van der Waals surface area contributed by atoms with Gasteiger partial charge in [0, 0.05) is 24.4 Å². The molecule has 0 spiro atoms. The average molecular weight is 451 g/mol. The lowest BCUT2D eigenvalue weighted by atomic mass is 10.1. The molecule has 1 heterocycles. The zero-order valence-electron chi connectivity index (χ0n) is 15.6. The first-order valence-electron chi connectivity index (χ1n) is 8.24. The van der Waals surface area contributed by atoms with Crippen LogP contribution in [0.1, 0.15) is 15.9 Å². The molecule has 9 nitrogen and oxygen atoms in total. The number of methoxy groups -OCH3 is 1. The van der Waals surface area contributed by atoms with E-state index in [9.17, 15) is 36.9 Å². The Bertz CT molecular complexity index is 954. The normalized spacial score (nSPS) is 11.2. The molecule has 1 aromatic carbocycles. The molecule has 0 aliphatic carbocycles. The van der Waals surface area contributed by atoms with E-state index in [-0.39, 0.29) is 11.3 Å². The van der Waals surface area contributed by atoms with E-state index in [2.05, 4.69) is 19.8 Å². The van der Waals surface area contributed by atoms with Gasteiger partial charge in [-0.2, -0.15) is 22.0 Å². The molecule has 0 aliphatic rings. The zero-order valence-corrected chi connectivity index (χ0v) is 15.6. The molecular weight excluding hydrogens is 437 g/mol. The van der Waals surface area contributed by atoms with E-state index in [1.54, 1.807) is 0 Å². The summed E-state index contributed by atoms with van der Waals surface area (Å²) in [5.41, 5.74) is -1.34. The number of halogens is 5. The van der Waals surface area contributed by atoms with E-state index < -0.39 is 59.7 Å². The second-order valence-corrected chi connectivity index (χ2v) is 5.71. The first-order chi connectivity index (χ1) is 14.5. The molecule has 2 aromatic rings. The van der Waals surface area contributed by atoms with E-state index in [1.807, 2.05) is 0 Å². The van der Waals surface area contributed by atoms with Gasteiger partial charge in [0.2, 0.25) is 5.88 Å². The highest BCUT2D eigenvalue weighted by Crippen LogP contribution is 2.35. The fourth-order valence-electron chi connectivity index (χ4n) is 2.34. The third-order valence-electron chi connectivity index (χ3n) is 3.60. The molecule has 0 bridgehead atoms. The Labute approximate surface area is 170 Å². The van der Waals surface area contributed by atoms with E-state index in [0.717, 1.165) is 13.2 Å². The lowest BCUT2D eigenvalue weighted by Gasteiger charge is -2.14. The summed E-state index contributed by atoms with van der Waals surface area (Å²) >= 11 is 0. The Morgan fingerprint density at radius 1 is 1.29 bits per heavy atom. The Morgan fingerprint density at radius 3 is 2.58 bits per heavy atom. The number of pyridine rings is 1. The van der Waals surface area contributed by atoms with Crippen molar-refractivity contribution in [3.63, 3.8) is 0 Å². The van der Waals surface area contributed by atoms with Crippen molar-refractivity contribution >= 4 is 11.6 Å². The van der Waals surface area contributed by atoms with Crippen LogP contribution in [0, 0.1) is 10.1 Å². The van der Waals surface area contributed by atoms with Crippen molar-refractivity contribution in [2.75, 3.05) is 13.7 Å². The number of ether oxygens (including phenoxy) is 3. The number of carbonyl (C=O) groups is 1. The monoisotopic (exact) mass is 451 g/mol. The van der Waals surface area contributed by atoms with E-state index in [1.165, 1.54) is 18.3 Å². The van der Waals surface area contributed by atoms with Crippen LogP contribution in [-0.2, 0) is 6.54 Å². The second kappa shape index (κ2) is 9.86. The number of hydrogen-bond acceptors (Lipinski definition) is 7. The lowest BCUT2D eigenvalue weighted by molar-refractivity contribution is -0.385. The van der Waals surface area contributed by atoms with Crippen LogP contribution in [0.4, 0.5) is 27.6 Å². The predicted octanol–water partition coefficient (Wildman–Crippen LogP) is 3.47. The number of amides is 1. The minimum atomic E-state index is -4.61. The Morgan fingerprint density at radius 2 is 2.00 bits per heavy atom. The minimum Gasteiger partial charge on any atom is -0.493 e. The van der Waals surface area contributed by atoms with E-state index in [0.29, 0.717) is 6.07 Å². The molecule has 0 fully saturated rings. The number of nitrogens with zero attached hydrogens (tertiary/aromatic N) is 2. The maximum atomic E-state index is 12.5. The highest BCUT2D eigenvalue weighted by molar-refractivity contribution is 5.99. The number of benzene rings is 1. The topological polar surface area (TPSA) is 113 Å². The third kappa shape index (κ3) is 6.65. The van der Waals surface area contributed by atoms with Crippen LogP contribution >= 0.6 is 0 Å². The Hall–Kier alpha value is -3.71. The molecular formula is C17H14F5N3O6. The van der Waals surface area contributed by atoms with Crippen molar-refractivity contribution in [2.24, 2.45) is 0 Å². The lowest BCUT2D eigenvalue weighted by Crippen LogP contribution is -2.25. The molecule has 0 atom stereocenters. The van der Waals surface area contributed by atoms with Crippen molar-refractivity contribution in [2.45, 2.75) is 19.3 Å². The molecule has 1 aromatic heterocycles. The molecule has 31 heavy (non-hydrogen) atoms. The summed E-state index contributed by atoms with van der Waals surface area (Å²) < 4.78 is 75.6. The van der Waals surface area contributed by atoms with E-state index >= 15 is 0 Å². The van der Waals surface area contributed by atoms with Gasteiger partial charge >= 0.3 is 12.8 Å². The van der Waals surface area contributed by atoms with Crippen molar-refractivity contribution in [3.8, 4) is 17.4 Å². The van der Waals surface area contributed by atoms with Crippen LogP contribution in [0.2, 0.25) is 0 Å². The maximum absolute atomic E-state index is 12.5. The fourth-order valence-corrected chi connectivity index (χ4v) is 2.34. The first-order valence-corrected chi connectivity index (χ1v) is 8.24. The number of carbonyl (C=O) groups excluding carboxylic acids is 1. The summed E-state index contributed by atoms with van der Waals surface area (Å²) in [6.45, 7) is -5.30. The van der Waals surface area contributed by atoms with Crippen LogP contribution in [0.5, 0.6) is 17.4 Å². The van der Waals surface area contributed by atoms with Gasteiger partial charge < -0.3 is 19.5 Å². The highest BCUT2D eigenvalue weighted by atomic mass is 19.4. The summed E-state index contributed by atoms with van der Waals surface area (Å²) in [6.07, 6.45) is -3.44. The summed E-state index contributed by atoms with van der Waals surface area (Å²) in [4.78, 5) is 26.4. The zero-order chi connectivity index (χ0) is 23.2. The van der Waals surface area contributed by atoms with Crippen LogP contribution in [0.3, 0.4) is 0 Å². The average Bonchev–Trinajstić information content (AvgIpc) is 2.69. The van der Waals surface area contributed by atoms with Gasteiger partial charge in [0.15, 0.2) is 18.1 Å². The minimum absolute atomic E-state index is 0.0624. The summed E-state index contributed by atoms with van der Waals surface area (Å²) in [6, 6.07) is 4.13. The number of nitro groups is 1. The Kier molecular flexibility index (Phi) is 7.50. The highest BCUT2D eigenvalue weighted by Gasteiger charge is 2.29. The number of alkyl halides is 5. The smallest absolute Gasteiger partial charge is 0.422 e. The maximum Gasteiger partial charge on any atom is 0.422 e. The number of nitrogens with one attached hydrogen (secondary N) is 1. The van der Waals surface area contributed by atoms with Crippen LogP contribution in [0.15, 0.2) is 30.5 Å². The van der Waals surface area contributed by atoms with Crippen molar-refractivity contribution < 1.29 is 45.9 Å². The van der Waals surface area contributed by atoms with Gasteiger partial charge in [0.1, 0.15) is 5.56 Å². The van der Waals surface area contributed by atoms with Crippen molar-refractivity contribution in [1.82, 2.24) is 10.3 Å². The molecule has 0 aliphatic heterocycles. The summed E-state index contributed by atoms with van der Waals surface area (Å²) in [5, 5.41) is 13.5. The predicted molar refractivity (Wildman–Crippen MR) is 93.2 cm³/mol. The molecule has 2 rings (SSSR count). The molecule has 0 radical (unpaired) electrons. The van der Waals surface area contributed by atoms with Gasteiger partial charge in [-0.1, -0.05) is 6.07 Å². The third-order valence-corrected chi connectivity index (χ3v) is 3.60. The van der Waals surface area contributed by atoms with E-state index in [4.69, 9.17) is 4.74 Å². The van der Waals surface area contributed by atoms with Gasteiger partial charge in [-0.05, 0) is 6.07 Å². The van der Waals surface area contributed by atoms with Crippen LogP contribution < -0.4 is 19.5 Å². The van der Waals surface area contributed by atoms with Crippen LogP contribution in [0.25, 0.3) is 0 Å². The first kappa shape index (κ1) is 23.6. The number of rotatable bonds is 9. The van der Waals surface area contributed by atoms with Crippen molar-refractivity contribution in [1.29, 1.82) is 0 Å². The molecule has 168 valence electrons. The molecule has 0 saturated carbocycles. The second-order valence-electron chi connectivity index (χ2n) is 5.71. The molecule has 0 unspecified atom stereocenters. The molecule has 1 amide bonds. The van der Waals surface area contributed by atoms with Gasteiger partial charge in [-0.25, -0.2) is 4.98 Å². The van der Waals surface area contributed by atoms with Gasteiger partial charge in [-0.15, -0.1) is 0 Å². The van der Waals surface area contributed by atoms with Crippen LogP contribution in [-0.4, -0.2) is 42.3 Å². The SMILES string of the molecule is COc1cc(C(=O)NCc2cccnc2OCC(F)(F)F)c([N+](=O)[O-])cc1OC(F)F. The molecule has 14 heteroatoms. The quantitative estimate of drug-likeness (QED) is 0.353. The molecule has 1 N–H and O–H groups in total. The standard InChI is InChI=1S/C17H14F5N3O6/c1-29-12-5-10(11(25(27)28)6-13(12)31-16(18)19)14(26)24-7-9-3-2-4-23-15(9)30-8-17(20,21)22/h2-6,16H,7-8H2,1H3,(H,24,26). The van der Waals surface area contributed by atoms with Crippen molar-refractivity contribution in [3.05, 3.63) is 51.7 Å². The number of hydrogen-bond donors (Lipinski definition) is 1. The Balaban J connectivity index is 2.25. The number of nitro benzene ring substituents is 1. The van der Waals surface area contributed by atoms with Gasteiger partial charge in [-0.3, -0.25) is 14.9 Å². The van der Waals surface area contributed by atoms with Gasteiger partial charge in [0.05, 0.1) is 18.1 Å². The largest absolute Gasteiger partial charge is 0.493 e. The summed E-state index contributed by atoms with van der Waals surface area (Å²) in [5.74, 6) is -2.45.